The summed E-state index contributed by atoms with van der Waals surface area (Å²) < 4.78 is 27.3. The van der Waals surface area contributed by atoms with E-state index in [1.165, 1.54) is 18.3 Å². The quantitative estimate of drug-likeness (QED) is 0.889. The molecule has 0 saturated heterocycles. The minimum absolute atomic E-state index is 0.0126. The molecule has 1 heterocycles. The molecule has 0 unspecified atom stereocenters. The van der Waals surface area contributed by atoms with E-state index < -0.39 is 10.0 Å². The van der Waals surface area contributed by atoms with Gasteiger partial charge >= 0.3 is 0 Å². The molecular weight excluding hydrogens is 374 g/mol. The van der Waals surface area contributed by atoms with Gasteiger partial charge in [0.15, 0.2) is 8.68 Å². The van der Waals surface area contributed by atoms with Crippen LogP contribution < -0.4 is 4.72 Å². The Morgan fingerprint density at radius 2 is 2.21 bits per heavy atom. The number of nitrogens with one attached hydrogen (secondary N) is 1. The molecule has 0 saturated carbocycles. The van der Waals surface area contributed by atoms with Gasteiger partial charge in [0.25, 0.3) is 10.0 Å². The Morgan fingerprint density at radius 3 is 2.79 bits per heavy atom. The summed E-state index contributed by atoms with van der Waals surface area (Å²) in [6, 6.07) is 6.60. The molecule has 0 spiro atoms. The number of nitriles is 1. The Morgan fingerprint density at radius 1 is 1.47 bits per heavy atom. The molecule has 0 atom stereocenters. The molecule has 9 heteroatoms. The molecule has 0 amide bonds. The summed E-state index contributed by atoms with van der Waals surface area (Å²) in [6.07, 6.45) is 1.17. The van der Waals surface area contributed by atoms with Crippen molar-refractivity contribution < 1.29 is 8.42 Å². The maximum atomic E-state index is 12.1. The fourth-order valence-corrected chi connectivity index (χ4v) is 3.98. The molecule has 0 bridgehead atoms. The summed E-state index contributed by atoms with van der Waals surface area (Å²) in [4.78, 5) is 3.68. The third kappa shape index (κ3) is 3.25. The fraction of sp³-hybridized carbons (Fsp3) is 0. The van der Waals surface area contributed by atoms with E-state index >= 15 is 0 Å². The molecule has 1 aromatic heterocycles. The lowest BCUT2D eigenvalue weighted by atomic mass is 10.2. The van der Waals surface area contributed by atoms with Crippen LogP contribution in [0.1, 0.15) is 5.56 Å². The van der Waals surface area contributed by atoms with E-state index in [2.05, 4.69) is 25.6 Å². The Labute approximate surface area is 127 Å². The van der Waals surface area contributed by atoms with Crippen LogP contribution in [0.15, 0.2) is 33.1 Å². The van der Waals surface area contributed by atoms with Crippen molar-refractivity contribution in [1.82, 2.24) is 4.98 Å². The third-order valence-corrected chi connectivity index (χ3v) is 5.50. The van der Waals surface area contributed by atoms with Crippen LogP contribution in [-0.2, 0) is 10.0 Å². The molecule has 5 nitrogen and oxygen atoms in total. The van der Waals surface area contributed by atoms with E-state index in [1.54, 1.807) is 6.07 Å². The SMILES string of the molecule is N#Cc1ccc(Br)cc1NS(=O)(=O)c1cnc(Cl)s1. The zero-order valence-corrected chi connectivity index (χ0v) is 13.1. The number of hydrogen-bond donors (Lipinski definition) is 1. The molecule has 2 aromatic rings. The molecule has 0 aliphatic heterocycles. The van der Waals surface area contributed by atoms with Gasteiger partial charge in [0.05, 0.1) is 17.4 Å². The zero-order chi connectivity index (χ0) is 14.0. The van der Waals surface area contributed by atoms with Gasteiger partial charge < -0.3 is 0 Å². The largest absolute Gasteiger partial charge is 0.278 e. The number of hydrogen-bond acceptors (Lipinski definition) is 5. The van der Waals surface area contributed by atoms with Crippen LogP contribution in [-0.4, -0.2) is 13.4 Å². The first kappa shape index (κ1) is 14.3. The van der Waals surface area contributed by atoms with E-state index in [0.29, 0.717) is 4.47 Å². The molecule has 19 heavy (non-hydrogen) atoms. The van der Waals surface area contributed by atoms with Crippen molar-refractivity contribution in [3.8, 4) is 6.07 Å². The highest BCUT2D eigenvalue weighted by molar-refractivity contribution is 9.10. The van der Waals surface area contributed by atoms with Crippen molar-refractivity contribution >= 4 is 54.6 Å². The Hall–Kier alpha value is -1.14. The monoisotopic (exact) mass is 377 g/mol. The first-order valence-electron chi connectivity index (χ1n) is 4.76. The summed E-state index contributed by atoms with van der Waals surface area (Å²) in [5, 5.41) is 8.95. The number of benzene rings is 1. The number of nitrogens with zero attached hydrogens (tertiary/aromatic N) is 2. The number of thiazole rings is 1. The lowest BCUT2D eigenvalue weighted by Gasteiger charge is -2.07. The van der Waals surface area contributed by atoms with Gasteiger partial charge in [0, 0.05) is 4.47 Å². The van der Waals surface area contributed by atoms with Crippen molar-refractivity contribution in [2.45, 2.75) is 4.21 Å². The minimum atomic E-state index is -3.79. The second-order valence-corrected chi connectivity index (χ2v) is 7.78. The maximum Gasteiger partial charge on any atom is 0.273 e. The lowest BCUT2D eigenvalue weighted by molar-refractivity contribution is 0.603. The Bertz CT molecular complexity index is 767. The summed E-state index contributed by atoms with van der Waals surface area (Å²) >= 11 is 9.67. The number of anilines is 1. The van der Waals surface area contributed by atoms with Crippen molar-refractivity contribution in [1.29, 1.82) is 5.26 Å². The molecule has 98 valence electrons. The average Bonchev–Trinajstić information content (AvgIpc) is 2.76. The number of rotatable bonds is 3. The van der Waals surface area contributed by atoms with Crippen LogP contribution >= 0.6 is 38.9 Å². The summed E-state index contributed by atoms with van der Waals surface area (Å²) in [7, 11) is -3.79. The highest BCUT2D eigenvalue weighted by Gasteiger charge is 2.19. The van der Waals surface area contributed by atoms with Crippen molar-refractivity contribution in [2.24, 2.45) is 0 Å². The van der Waals surface area contributed by atoms with Crippen LogP contribution in [0.25, 0.3) is 0 Å². The molecule has 1 aromatic carbocycles. The van der Waals surface area contributed by atoms with E-state index in [-0.39, 0.29) is 19.9 Å². The topological polar surface area (TPSA) is 82.9 Å². The lowest BCUT2D eigenvalue weighted by Crippen LogP contribution is -2.12. The normalized spacial score (nSPS) is 11.0. The first-order valence-corrected chi connectivity index (χ1v) is 8.23. The van der Waals surface area contributed by atoms with Crippen molar-refractivity contribution in [3.05, 3.63) is 38.9 Å². The number of aromatic nitrogens is 1. The summed E-state index contributed by atoms with van der Waals surface area (Å²) in [5.74, 6) is 0. The van der Waals surface area contributed by atoms with Gasteiger partial charge in [0.1, 0.15) is 6.07 Å². The van der Waals surface area contributed by atoms with Gasteiger partial charge in [-0.1, -0.05) is 38.9 Å². The molecule has 0 radical (unpaired) electrons. The summed E-state index contributed by atoms with van der Waals surface area (Å²) in [5.41, 5.74) is 0.420. The zero-order valence-electron chi connectivity index (χ0n) is 9.09. The van der Waals surface area contributed by atoms with Gasteiger partial charge in [-0.3, -0.25) is 4.72 Å². The molecular formula is C10H5BrClN3O2S2. The molecule has 2 rings (SSSR count). The van der Waals surface area contributed by atoms with Gasteiger partial charge in [-0.2, -0.15) is 5.26 Å². The van der Waals surface area contributed by atoms with E-state index in [1.807, 2.05) is 6.07 Å². The highest BCUT2D eigenvalue weighted by Crippen LogP contribution is 2.27. The highest BCUT2D eigenvalue weighted by atomic mass is 79.9. The Kier molecular flexibility index (Phi) is 4.10. The average molecular weight is 379 g/mol. The van der Waals surface area contributed by atoms with Crippen LogP contribution in [0, 0.1) is 11.3 Å². The Balaban J connectivity index is 2.41. The number of halogens is 2. The van der Waals surface area contributed by atoms with Gasteiger partial charge in [-0.25, -0.2) is 13.4 Å². The predicted molar refractivity (Wildman–Crippen MR) is 76.8 cm³/mol. The van der Waals surface area contributed by atoms with Gasteiger partial charge in [0.2, 0.25) is 0 Å². The molecule has 0 aliphatic rings. The smallest absolute Gasteiger partial charge is 0.273 e. The molecule has 1 N–H and O–H groups in total. The molecule has 0 aliphatic carbocycles. The summed E-state index contributed by atoms with van der Waals surface area (Å²) in [6.45, 7) is 0. The van der Waals surface area contributed by atoms with Crippen molar-refractivity contribution in [3.63, 3.8) is 0 Å². The van der Waals surface area contributed by atoms with Crippen LogP contribution in [0.5, 0.6) is 0 Å². The van der Waals surface area contributed by atoms with Crippen LogP contribution in [0.2, 0.25) is 4.47 Å². The third-order valence-electron chi connectivity index (χ3n) is 2.07. The maximum absolute atomic E-state index is 12.1. The number of sulfonamides is 1. The second kappa shape index (κ2) is 5.46. The van der Waals surface area contributed by atoms with Gasteiger partial charge in [-0.15, -0.1) is 0 Å². The van der Waals surface area contributed by atoms with E-state index in [9.17, 15) is 8.42 Å². The van der Waals surface area contributed by atoms with E-state index in [0.717, 1.165) is 11.3 Å². The van der Waals surface area contributed by atoms with Gasteiger partial charge in [-0.05, 0) is 18.2 Å². The van der Waals surface area contributed by atoms with E-state index in [4.69, 9.17) is 16.9 Å². The predicted octanol–water partition coefficient (Wildman–Crippen LogP) is 3.23. The first-order chi connectivity index (χ1) is 8.92. The van der Waals surface area contributed by atoms with Crippen LogP contribution in [0.4, 0.5) is 5.69 Å². The van der Waals surface area contributed by atoms with Crippen molar-refractivity contribution in [2.75, 3.05) is 4.72 Å². The standard InChI is InChI=1S/C10H5BrClN3O2S2/c11-7-2-1-6(4-13)8(3-7)15-19(16,17)9-5-14-10(12)18-9/h1-3,5,15H. The van der Waals surface area contributed by atoms with Crippen LogP contribution in [0.3, 0.4) is 0 Å². The minimum Gasteiger partial charge on any atom is -0.278 e. The molecule has 0 fully saturated rings. The second-order valence-electron chi connectivity index (χ2n) is 3.34. The fourth-order valence-electron chi connectivity index (χ4n) is 1.26.